The molecule has 1 atom stereocenters. The van der Waals surface area contributed by atoms with Crippen LogP contribution in [-0.4, -0.2) is 35.7 Å². The van der Waals surface area contributed by atoms with Crippen molar-refractivity contribution < 1.29 is 14.6 Å². The molecule has 0 aliphatic carbocycles. The van der Waals surface area contributed by atoms with E-state index in [-0.39, 0.29) is 5.92 Å². The topological polar surface area (TPSA) is 49.8 Å². The number of benzene rings is 1. The Balaban J connectivity index is 1.72. The van der Waals surface area contributed by atoms with E-state index in [0.29, 0.717) is 24.5 Å². The summed E-state index contributed by atoms with van der Waals surface area (Å²) in [5.41, 5.74) is 1.03. The fourth-order valence-electron chi connectivity index (χ4n) is 3.24. The molecule has 0 amide bonds. The van der Waals surface area contributed by atoms with Gasteiger partial charge in [-0.05, 0) is 37.1 Å². The Kier molecular flexibility index (Phi) is 8.56. The predicted octanol–water partition coefficient (Wildman–Crippen LogP) is 4.99. The largest absolute Gasteiger partial charge is 0.494 e. The number of halogens is 1. The molecule has 0 bridgehead atoms. The molecular weight excluding hydrogens is 338 g/mol. The van der Waals surface area contributed by atoms with E-state index in [4.69, 9.17) is 21.4 Å². The molecule has 25 heavy (non-hydrogen) atoms. The zero-order valence-electron chi connectivity index (χ0n) is 15.2. The maximum atomic E-state index is 11.0. The van der Waals surface area contributed by atoms with Crippen LogP contribution < -0.4 is 4.74 Å². The molecule has 4 nitrogen and oxygen atoms in total. The summed E-state index contributed by atoms with van der Waals surface area (Å²) < 4.78 is 5.79. The van der Waals surface area contributed by atoms with Crippen molar-refractivity contribution >= 4 is 17.6 Å². The average molecular weight is 368 g/mol. The van der Waals surface area contributed by atoms with Crippen molar-refractivity contribution in [3.63, 3.8) is 0 Å². The summed E-state index contributed by atoms with van der Waals surface area (Å²) in [6.45, 7) is 5.06. The number of hydrogen-bond donors (Lipinski definition) is 1. The molecule has 1 saturated heterocycles. The maximum absolute atomic E-state index is 11.0. The highest BCUT2D eigenvalue weighted by Crippen LogP contribution is 2.26. The van der Waals surface area contributed by atoms with Gasteiger partial charge in [-0.1, -0.05) is 56.7 Å². The predicted molar refractivity (Wildman–Crippen MR) is 101 cm³/mol. The number of likely N-dealkylation sites (tertiary alicyclic amines) is 1. The molecule has 1 unspecified atom stereocenters. The summed E-state index contributed by atoms with van der Waals surface area (Å²) in [4.78, 5) is 13.2. The fourth-order valence-corrected chi connectivity index (χ4v) is 3.47. The minimum atomic E-state index is -0.702. The lowest BCUT2D eigenvalue weighted by molar-refractivity contribution is -0.141. The maximum Gasteiger partial charge on any atom is 0.307 e. The highest BCUT2D eigenvalue weighted by Gasteiger charge is 2.28. The molecule has 1 heterocycles. The Hall–Kier alpha value is -1.26. The molecule has 1 aromatic carbocycles. The van der Waals surface area contributed by atoms with E-state index in [1.807, 2.05) is 18.2 Å². The quantitative estimate of drug-likeness (QED) is 0.560. The van der Waals surface area contributed by atoms with Crippen LogP contribution in [0.3, 0.4) is 0 Å². The van der Waals surface area contributed by atoms with Crippen molar-refractivity contribution in [3.8, 4) is 5.75 Å². The number of unbranched alkanes of at least 4 members (excludes halogenated alkanes) is 5. The zero-order valence-corrected chi connectivity index (χ0v) is 15.9. The number of aliphatic carboxylic acids is 1. The molecule has 0 radical (unpaired) electrons. The summed E-state index contributed by atoms with van der Waals surface area (Å²) in [5.74, 6) is -0.141. The van der Waals surface area contributed by atoms with Crippen molar-refractivity contribution in [1.29, 1.82) is 0 Å². The van der Waals surface area contributed by atoms with E-state index < -0.39 is 5.97 Å². The molecule has 5 heteroatoms. The third-order valence-electron chi connectivity index (χ3n) is 4.81. The van der Waals surface area contributed by atoms with Crippen LogP contribution in [0.25, 0.3) is 0 Å². The molecule has 1 fully saturated rings. The molecule has 2 rings (SSSR count). The summed E-state index contributed by atoms with van der Waals surface area (Å²) in [5, 5.41) is 9.78. The molecule has 1 aromatic rings. The number of ether oxygens (including phenoxy) is 1. The number of nitrogens with zero attached hydrogens (tertiary/aromatic N) is 1. The number of carbonyl (C=O) groups is 1. The van der Waals surface area contributed by atoms with E-state index in [1.54, 1.807) is 0 Å². The van der Waals surface area contributed by atoms with Crippen molar-refractivity contribution in [1.82, 2.24) is 4.90 Å². The van der Waals surface area contributed by atoms with Gasteiger partial charge in [0.1, 0.15) is 5.75 Å². The molecule has 1 aliphatic heterocycles. The zero-order chi connectivity index (χ0) is 18.1. The van der Waals surface area contributed by atoms with Crippen LogP contribution in [0.15, 0.2) is 18.2 Å². The monoisotopic (exact) mass is 367 g/mol. The van der Waals surface area contributed by atoms with Crippen molar-refractivity contribution in [2.75, 3.05) is 19.7 Å². The van der Waals surface area contributed by atoms with Gasteiger partial charge < -0.3 is 9.84 Å². The third kappa shape index (κ3) is 6.87. The normalized spacial score (nSPS) is 17.8. The second kappa shape index (κ2) is 10.7. The van der Waals surface area contributed by atoms with Gasteiger partial charge in [-0.15, -0.1) is 0 Å². The first-order valence-corrected chi connectivity index (χ1v) is 9.84. The van der Waals surface area contributed by atoms with E-state index in [0.717, 1.165) is 30.9 Å². The van der Waals surface area contributed by atoms with Crippen LogP contribution in [0.1, 0.15) is 57.4 Å². The lowest BCUT2D eigenvalue weighted by Gasteiger charge is -2.17. The Morgan fingerprint density at radius 3 is 2.72 bits per heavy atom. The highest BCUT2D eigenvalue weighted by molar-refractivity contribution is 6.31. The Morgan fingerprint density at radius 2 is 2.04 bits per heavy atom. The number of hydrogen-bond acceptors (Lipinski definition) is 3. The smallest absolute Gasteiger partial charge is 0.307 e. The van der Waals surface area contributed by atoms with Crippen molar-refractivity contribution in [2.45, 2.75) is 58.4 Å². The van der Waals surface area contributed by atoms with Crippen LogP contribution in [0.2, 0.25) is 5.02 Å². The number of carboxylic acid groups (broad SMARTS) is 1. The van der Waals surface area contributed by atoms with Gasteiger partial charge >= 0.3 is 5.97 Å². The van der Waals surface area contributed by atoms with Crippen molar-refractivity contribution in [3.05, 3.63) is 28.8 Å². The number of carboxylic acids is 1. The van der Waals surface area contributed by atoms with E-state index in [9.17, 15) is 4.79 Å². The SMILES string of the molecule is CCCCCCCCOc1ccc(CN2CCC(C(=O)O)C2)c(Cl)c1. The van der Waals surface area contributed by atoms with Crippen LogP contribution >= 0.6 is 11.6 Å². The molecular formula is C20H30ClNO3. The first kappa shape index (κ1) is 20.1. The molecule has 1 aliphatic rings. The van der Waals surface area contributed by atoms with Gasteiger partial charge in [-0.2, -0.15) is 0 Å². The first-order chi connectivity index (χ1) is 12.1. The summed E-state index contributed by atoms with van der Waals surface area (Å²) in [7, 11) is 0. The standard InChI is InChI=1S/C20H30ClNO3/c1-2-3-4-5-6-7-12-25-18-9-8-16(19(21)13-18)14-22-11-10-17(15-22)20(23)24/h8-9,13,17H,2-7,10-12,14-15H2,1H3,(H,23,24). The summed E-state index contributed by atoms with van der Waals surface area (Å²) in [6, 6.07) is 5.83. The molecule has 0 aromatic heterocycles. The molecule has 1 N–H and O–H groups in total. The first-order valence-electron chi connectivity index (χ1n) is 9.46. The van der Waals surface area contributed by atoms with Gasteiger partial charge in [0.15, 0.2) is 0 Å². The Labute approximate surface area is 156 Å². The molecule has 0 spiro atoms. The third-order valence-corrected chi connectivity index (χ3v) is 5.16. The van der Waals surface area contributed by atoms with Gasteiger partial charge in [0.25, 0.3) is 0 Å². The highest BCUT2D eigenvalue weighted by atomic mass is 35.5. The number of rotatable bonds is 11. The second-order valence-electron chi connectivity index (χ2n) is 6.93. The van der Waals surface area contributed by atoms with Crippen LogP contribution in [0.4, 0.5) is 0 Å². The van der Waals surface area contributed by atoms with Gasteiger partial charge in [-0.3, -0.25) is 9.69 Å². The lowest BCUT2D eigenvalue weighted by atomic mass is 10.1. The van der Waals surface area contributed by atoms with Crippen molar-refractivity contribution in [2.24, 2.45) is 5.92 Å². The van der Waals surface area contributed by atoms with Crippen LogP contribution in [0, 0.1) is 5.92 Å². The summed E-state index contributed by atoms with van der Waals surface area (Å²) >= 11 is 6.38. The average Bonchev–Trinajstić information content (AvgIpc) is 3.05. The fraction of sp³-hybridized carbons (Fsp3) is 0.650. The Morgan fingerprint density at radius 1 is 1.28 bits per heavy atom. The van der Waals surface area contributed by atoms with Gasteiger partial charge in [0.05, 0.1) is 12.5 Å². The summed E-state index contributed by atoms with van der Waals surface area (Å²) in [6.07, 6.45) is 8.20. The lowest BCUT2D eigenvalue weighted by Crippen LogP contribution is -2.22. The minimum absolute atomic E-state index is 0.251. The molecule has 140 valence electrons. The van der Waals surface area contributed by atoms with E-state index >= 15 is 0 Å². The van der Waals surface area contributed by atoms with Gasteiger partial charge in [-0.25, -0.2) is 0 Å². The minimum Gasteiger partial charge on any atom is -0.494 e. The Bertz CT molecular complexity index is 550. The second-order valence-corrected chi connectivity index (χ2v) is 7.34. The van der Waals surface area contributed by atoms with Gasteiger partial charge in [0.2, 0.25) is 0 Å². The van der Waals surface area contributed by atoms with E-state index in [2.05, 4.69) is 11.8 Å². The molecule has 0 saturated carbocycles. The van der Waals surface area contributed by atoms with Crippen LogP contribution in [-0.2, 0) is 11.3 Å². The van der Waals surface area contributed by atoms with E-state index in [1.165, 1.54) is 32.1 Å². The van der Waals surface area contributed by atoms with Gasteiger partial charge in [0, 0.05) is 18.1 Å². The van der Waals surface area contributed by atoms with Crippen LogP contribution in [0.5, 0.6) is 5.75 Å².